The normalized spacial score (nSPS) is 18.6. The first kappa shape index (κ1) is 20.6. The molecule has 0 spiro atoms. The van der Waals surface area contributed by atoms with Crippen LogP contribution in [0, 0.1) is 5.92 Å². The molecule has 0 radical (unpaired) electrons. The van der Waals surface area contributed by atoms with Crippen molar-refractivity contribution >= 4 is 17.5 Å². The van der Waals surface area contributed by atoms with Gasteiger partial charge in [-0.3, -0.25) is 9.59 Å². The molecule has 2 aromatic rings. The van der Waals surface area contributed by atoms with Crippen LogP contribution in [0.5, 0.6) is 0 Å². The van der Waals surface area contributed by atoms with Crippen LogP contribution in [0.15, 0.2) is 48.5 Å². The van der Waals surface area contributed by atoms with Crippen LogP contribution in [-0.2, 0) is 28.9 Å². The number of carbonyl (C=O) groups excluding carboxylic acids is 2. The first-order chi connectivity index (χ1) is 14.6. The van der Waals surface area contributed by atoms with E-state index in [2.05, 4.69) is 36.4 Å². The van der Waals surface area contributed by atoms with Crippen molar-refractivity contribution in [2.24, 2.45) is 5.92 Å². The van der Waals surface area contributed by atoms with Crippen molar-refractivity contribution in [3.05, 3.63) is 65.2 Å². The van der Waals surface area contributed by atoms with E-state index in [1.165, 1.54) is 17.5 Å². The van der Waals surface area contributed by atoms with E-state index < -0.39 is 0 Å². The average Bonchev–Trinajstić information content (AvgIpc) is 2.82. The van der Waals surface area contributed by atoms with Gasteiger partial charge in [0.05, 0.1) is 0 Å². The summed E-state index contributed by atoms with van der Waals surface area (Å²) in [5.74, 6) is 0.507. The van der Waals surface area contributed by atoms with Crippen LogP contribution in [0.3, 0.4) is 0 Å². The number of rotatable bonds is 5. The van der Waals surface area contributed by atoms with Gasteiger partial charge in [-0.25, -0.2) is 0 Å². The van der Waals surface area contributed by atoms with Gasteiger partial charge in [-0.2, -0.15) is 0 Å². The Morgan fingerprint density at radius 3 is 2.40 bits per heavy atom. The molecule has 4 rings (SSSR count). The van der Waals surface area contributed by atoms with Crippen molar-refractivity contribution in [1.82, 2.24) is 4.90 Å². The second-order valence-electron chi connectivity index (χ2n) is 8.71. The number of hydrogen-bond acceptors (Lipinski definition) is 2. The van der Waals surface area contributed by atoms with Gasteiger partial charge < -0.3 is 9.80 Å². The molecular formula is C26H32N2O2. The van der Waals surface area contributed by atoms with E-state index in [0.717, 1.165) is 62.9 Å². The molecule has 1 unspecified atom stereocenters. The lowest BCUT2D eigenvalue weighted by atomic mass is 9.83. The summed E-state index contributed by atoms with van der Waals surface area (Å²) < 4.78 is 0. The molecule has 0 N–H and O–H groups in total. The summed E-state index contributed by atoms with van der Waals surface area (Å²) in [6.45, 7) is 1.83. The fraction of sp³-hybridized carbons (Fsp3) is 0.462. The molecule has 2 amide bonds. The van der Waals surface area contributed by atoms with E-state index in [1.807, 2.05) is 24.1 Å². The number of likely N-dealkylation sites (tertiary alicyclic amines) is 1. The van der Waals surface area contributed by atoms with Gasteiger partial charge in [0.25, 0.3) is 0 Å². The van der Waals surface area contributed by atoms with Crippen molar-refractivity contribution in [2.45, 2.75) is 51.4 Å². The molecular weight excluding hydrogens is 372 g/mol. The van der Waals surface area contributed by atoms with Gasteiger partial charge in [0.2, 0.25) is 11.8 Å². The first-order valence-electron chi connectivity index (χ1n) is 11.3. The molecule has 4 heteroatoms. The van der Waals surface area contributed by atoms with E-state index >= 15 is 0 Å². The zero-order valence-electron chi connectivity index (χ0n) is 18.0. The van der Waals surface area contributed by atoms with Gasteiger partial charge in [-0.1, -0.05) is 36.4 Å². The van der Waals surface area contributed by atoms with Crippen molar-refractivity contribution in [3.8, 4) is 0 Å². The second-order valence-corrected chi connectivity index (χ2v) is 8.71. The number of amides is 2. The summed E-state index contributed by atoms with van der Waals surface area (Å²) in [4.78, 5) is 29.2. The highest BCUT2D eigenvalue weighted by Gasteiger charge is 2.27. The lowest BCUT2D eigenvalue weighted by molar-refractivity contribution is -0.132. The Bertz CT molecular complexity index is 884. The smallest absolute Gasteiger partial charge is 0.230 e. The summed E-state index contributed by atoms with van der Waals surface area (Å²) in [5.41, 5.74) is 4.76. The number of piperidine rings is 1. The van der Waals surface area contributed by atoms with Crippen LogP contribution >= 0.6 is 0 Å². The topological polar surface area (TPSA) is 40.6 Å². The average molecular weight is 405 g/mol. The molecule has 1 fully saturated rings. The summed E-state index contributed by atoms with van der Waals surface area (Å²) in [6.07, 6.45) is 7.55. The predicted octanol–water partition coefficient (Wildman–Crippen LogP) is 4.40. The van der Waals surface area contributed by atoms with E-state index in [1.54, 1.807) is 4.90 Å². The Morgan fingerprint density at radius 1 is 0.967 bits per heavy atom. The minimum absolute atomic E-state index is 0.0479. The van der Waals surface area contributed by atoms with Gasteiger partial charge in [0, 0.05) is 38.2 Å². The quantitative estimate of drug-likeness (QED) is 0.741. The maximum Gasteiger partial charge on any atom is 0.230 e. The van der Waals surface area contributed by atoms with Crippen LogP contribution in [0.1, 0.15) is 48.8 Å². The lowest BCUT2D eigenvalue weighted by Gasteiger charge is -2.28. The fourth-order valence-corrected chi connectivity index (χ4v) is 4.75. The molecule has 0 saturated carbocycles. The van der Waals surface area contributed by atoms with Crippen molar-refractivity contribution in [1.29, 1.82) is 0 Å². The van der Waals surface area contributed by atoms with Crippen LogP contribution in [0.2, 0.25) is 0 Å². The number of hydrogen-bond donors (Lipinski definition) is 0. The molecule has 2 aromatic carbocycles. The number of fused-ring (bicyclic) bond motifs is 1. The van der Waals surface area contributed by atoms with Gasteiger partial charge in [-0.15, -0.1) is 0 Å². The molecule has 0 aromatic heterocycles. The zero-order chi connectivity index (χ0) is 20.9. The summed E-state index contributed by atoms with van der Waals surface area (Å²) in [5, 5.41) is 0. The molecule has 1 heterocycles. The van der Waals surface area contributed by atoms with E-state index in [9.17, 15) is 9.59 Å². The Labute approximate surface area is 179 Å². The molecule has 1 aliphatic heterocycles. The molecule has 2 aliphatic rings. The zero-order valence-corrected chi connectivity index (χ0v) is 18.0. The maximum absolute atomic E-state index is 13.1. The minimum Gasteiger partial charge on any atom is -0.343 e. The number of nitrogens with zero attached hydrogens (tertiary/aromatic N) is 2. The predicted molar refractivity (Wildman–Crippen MR) is 121 cm³/mol. The Kier molecular flexibility index (Phi) is 6.51. The van der Waals surface area contributed by atoms with Crippen LogP contribution < -0.4 is 4.90 Å². The molecule has 4 nitrogen and oxygen atoms in total. The number of benzene rings is 2. The summed E-state index contributed by atoms with van der Waals surface area (Å²) in [7, 11) is 1.87. The minimum atomic E-state index is 0.0479. The van der Waals surface area contributed by atoms with E-state index in [4.69, 9.17) is 0 Å². The maximum atomic E-state index is 13.1. The third kappa shape index (κ3) is 4.75. The van der Waals surface area contributed by atoms with E-state index in [0.29, 0.717) is 6.42 Å². The van der Waals surface area contributed by atoms with E-state index in [-0.39, 0.29) is 17.7 Å². The number of anilines is 1. The Hall–Kier alpha value is -2.62. The van der Waals surface area contributed by atoms with Gasteiger partial charge in [0.1, 0.15) is 0 Å². The highest BCUT2D eigenvalue weighted by molar-refractivity contribution is 5.94. The van der Waals surface area contributed by atoms with Gasteiger partial charge >= 0.3 is 0 Å². The Balaban J connectivity index is 1.32. The number of aryl methyl sites for hydroxylation is 2. The monoisotopic (exact) mass is 404 g/mol. The largest absolute Gasteiger partial charge is 0.343 e. The molecule has 1 aliphatic carbocycles. The van der Waals surface area contributed by atoms with Crippen molar-refractivity contribution in [3.63, 3.8) is 0 Å². The summed E-state index contributed by atoms with van der Waals surface area (Å²) >= 11 is 0. The summed E-state index contributed by atoms with van der Waals surface area (Å²) in [6, 6.07) is 16.6. The highest BCUT2D eigenvalue weighted by atomic mass is 16.2. The molecule has 0 bridgehead atoms. The third-order valence-corrected chi connectivity index (χ3v) is 6.69. The Morgan fingerprint density at radius 2 is 1.67 bits per heavy atom. The highest BCUT2D eigenvalue weighted by Crippen LogP contribution is 2.28. The van der Waals surface area contributed by atoms with Crippen molar-refractivity contribution < 1.29 is 9.59 Å². The van der Waals surface area contributed by atoms with Crippen molar-refractivity contribution in [2.75, 3.05) is 25.0 Å². The second kappa shape index (κ2) is 9.46. The van der Waals surface area contributed by atoms with Crippen LogP contribution in [-0.4, -0.2) is 36.9 Å². The molecule has 158 valence electrons. The number of carbonyl (C=O) groups is 2. The van der Waals surface area contributed by atoms with Gasteiger partial charge in [-0.05, 0) is 73.8 Å². The molecule has 1 atom stereocenters. The SMILES string of the molecule is CN(C(=O)C1CCc2ccccc2C1)c1ccc(CCC(=O)N2CCCCC2)cc1. The molecule has 30 heavy (non-hydrogen) atoms. The lowest BCUT2D eigenvalue weighted by Crippen LogP contribution is -2.36. The molecule has 1 saturated heterocycles. The first-order valence-corrected chi connectivity index (χ1v) is 11.3. The van der Waals surface area contributed by atoms with Crippen LogP contribution in [0.25, 0.3) is 0 Å². The standard InChI is InChI=1S/C26H32N2O2/c1-27(26(30)23-13-12-21-7-3-4-8-22(21)19-23)24-14-9-20(10-15-24)11-16-25(29)28-17-5-2-6-18-28/h3-4,7-10,14-15,23H,2,5-6,11-13,16-19H2,1H3. The fourth-order valence-electron chi connectivity index (χ4n) is 4.75. The van der Waals surface area contributed by atoms with Gasteiger partial charge in [0.15, 0.2) is 0 Å². The van der Waals surface area contributed by atoms with Crippen LogP contribution in [0.4, 0.5) is 5.69 Å². The third-order valence-electron chi connectivity index (χ3n) is 6.69.